The lowest BCUT2D eigenvalue weighted by Gasteiger charge is -2.08. The molecule has 0 spiro atoms. The van der Waals surface area contributed by atoms with Gasteiger partial charge in [0.15, 0.2) is 0 Å². The van der Waals surface area contributed by atoms with Crippen molar-refractivity contribution in [3.63, 3.8) is 0 Å². The standard InChI is InChI=1S/C13H14N2O/c1-9-8-16-12(15-9)10-2-4-11(5-3-10)13(14)6-7-13/h2-5,8H,6-7,14H2,1H3. The van der Waals surface area contributed by atoms with E-state index in [9.17, 15) is 0 Å². The molecule has 82 valence electrons. The number of hydrogen-bond donors (Lipinski definition) is 1. The molecule has 3 heteroatoms. The van der Waals surface area contributed by atoms with Crippen LogP contribution in [0.3, 0.4) is 0 Å². The van der Waals surface area contributed by atoms with Crippen molar-refractivity contribution in [2.45, 2.75) is 25.3 Å². The van der Waals surface area contributed by atoms with E-state index in [0.29, 0.717) is 5.89 Å². The van der Waals surface area contributed by atoms with Crippen LogP contribution in [0.25, 0.3) is 11.5 Å². The Bertz CT molecular complexity index is 509. The number of rotatable bonds is 2. The lowest BCUT2D eigenvalue weighted by molar-refractivity contribution is 0.573. The molecular formula is C13H14N2O. The van der Waals surface area contributed by atoms with E-state index in [1.54, 1.807) is 6.26 Å². The number of hydrogen-bond acceptors (Lipinski definition) is 3. The van der Waals surface area contributed by atoms with Crippen LogP contribution in [0.15, 0.2) is 34.9 Å². The first-order valence-corrected chi connectivity index (χ1v) is 5.49. The van der Waals surface area contributed by atoms with Gasteiger partial charge in [-0.15, -0.1) is 0 Å². The second-order valence-electron chi connectivity index (χ2n) is 4.53. The molecular weight excluding hydrogens is 200 g/mol. The number of aryl methyl sites for hydroxylation is 1. The first-order valence-electron chi connectivity index (χ1n) is 5.49. The first-order chi connectivity index (χ1) is 7.67. The molecule has 1 saturated carbocycles. The molecule has 0 radical (unpaired) electrons. The molecule has 0 atom stereocenters. The Hall–Kier alpha value is -1.61. The Balaban J connectivity index is 1.93. The van der Waals surface area contributed by atoms with Crippen LogP contribution in [0.5, 0.6) is 0 Å². The average molecular weight is 214 g/mol. The summed E-state index contributed by atoms with van der Waals surface area (Å²) in [7, 11) is 0. The molecule has 2 aromatic rings. The molecule has 16 heavy (non-hydrogen) atoms. The zero-order chi connectivity index (χ0) is 11.2. The van der Waals surface area contributed by atoms with E-state index in [0.717, 1.165) is 24.1 Å². The van der Waals surface area contributed by atoms with Crippen molar-refractivity contribution >= 4 is 0 Å². The van der Waals surface area contributed by atoms with E-state index in [1.165, 1.54) is 5.56 Å². The van der Waals surface area contributed by atoms with Crippen LogP contribution >= 0.6 is 0 Å². The largest absolute Gasteiger partial charge is 0.444 e. The number of aromatic nitrogens is 1. The molecule has 1 aliphatic rings. The molecule has 0 bridgehead atoms. The van der Waals surface area contributed by atoms with Crippen molar-refractivity contribution in [3.8, 4) is 11.5 Å². The summed E-state index contributed by atoms with van der Waals surface area (Å²) < 4.78 is 5.35. The van der Waals surface area contributed by atoms with E-state index in [2.05, 4.69) is 17.1 Å². The predicted molar refractivity (Wildman–Crippen MR) is 61.8 cm³/mol. The summed E-state index contributed by atoms with van der Waals surface area (Å²) in [6, 6.07) is 8.19. The third-order valence-electron chi connectivity index (χ3n) is 3.11. The van der Waals surface area contributed by atoms with Gasteiger partial charge in [0.2, 0.25) is 5.89 Å². The molecule has 1 heterocycles. The van der Waals surface area contributed by atoms with E-state index in [1.807, 2.05) is 19.1 Å². The lowest BCUT2D eigenvalue weighted by atomic mass is 10.0. The van der Waals surface area contributed by atoms with Crippen LogP contribution in [-0.2, 0) is 5.54 Å². The van der Waals surface area contributed by atoms with Crippen molar-refractivity contribution in [3.05, 3.63) is 41.8 Å². The van der Waals surface area contributed by atoms with Gasteiger partial charge >= 0.3 is 0 Å². The van der Waals surface area contributed by atoms with Crippen molar-refractivity contribution in [2.75, 3.05) is 0 Å². The Morgan fingerprint density at radius 1 is 1.25 bits per heavy atom. The minimum atomic E-state index is -0.0644. The molecule has 0 saturated heterocycles. The van der Waals surface area contributed by atoms with Crippen LogP contribution in [0.1, 0.15) is 24.1 Å². The minimum absolute atomic E-state index is 0.0644. The fraction of sp³-hybridized carbons (Fsp3) is 0.308. The molecule has 3 nitrogen and oxygen atoms in total. The number of nitrogens with zero attached hydrogens (tertiary/aromatic N) is 1. The van der Waals surface area contributed by atoms with Crippen LogP contribution < -0.4 is 5.73 Å². The lowest BCUT2D eigenvalue weighted by Crippen LogP contribution is -2.18. The fourth-order valence-corrected chi connectivity index (χ4v) is 1.85. The summed E-state index contributed by atoms with van der Waals surface area (Å²) in [6.45, 7) is 1.92. The highest BCUT2D eigenvalue weighted by Gasteiger charge is 2.39. The Kier molecular flexibility index (Phi) is 1.91. The highest BCUT2D eigenvalue weighted by molar-refractivity contribution is 5.54. The molecule has 1 aromatic carbocycles. The van der Waals surface area contributed by atoms with Gasteiger partial charge in [-0.05, 0) is 37.5 Å². The molecule has 1 aliphatic carbocycles. The van der Waals surface area contributed by atoms with Crippen LogP contribution in [0.4, 0.5) is 0 Å². The number of oxazole rings is 1. The molecule has 0 unspecified atom stereocenters. The predicted octanol–water partition coefficient (Wildman–Crippen LogP) is 2.60. The van der Waals surface area contributed by atoms with Crippen LogP contribution in [0, 0.1) is 6.92 Å². The Morgan fingerprint density at radius 3 is 2.44 bits per heavy atom. The molecule has 0 aliphatic heterocycles. The molecule has 1 fully saturated rings. The van der Waals surface area contributed by atoms with Gasteiger partial charge in [-0.3, -0.25) is 0 Å². The topological polar surface area (TPSA) is 52.0 Å². The second kappa shape index (κ2) is 3.19. The van der Waals surface area contributed by atoms with Gasteiger partial charge in [0.1, 0.15) is 6.26 Å². The SMILES string of the molecule is Cc1coc(-c2ccc(C3(N)CC3)cc2)n1. The Labute approximate surface area is 94.3 Å². The van der Waals surface area contributed by atoms with Gasteiger partial charge in [-0.1, -0.05) is 12.1 Å². The summed E-state index contributed by atoms with van der Waals surface area (Å²) in [4.78, 5) is 4.29. The maximum Gasteiger partial charge on any atom is 0.226 e. The van der Waals surface area contributed by atoms with Crippen LogP contribution in [0.2, 0.25) is 0 Å². The summed E-state index contributed by atoms with van der Waals surface area (Å²) >= 11 is 0. The average Bonchev–Trinajstić information content (AvgIpc) is 2.89. The van der Waals surface area contributed by atoms with E-state index >= 15 is 0 Å². The van der Waals surface area contributed by atoms with Gasteiger partial charge in [0, 0.05) is 11.1 Å². The van der Waals surface area contributed by atoms with Gasteiger partial charge < -0.3 is 10.2 Å². The summed E-state index contributed by atoms with van der Waals surface area (Å²) in [5.74, 6) is 0.672. The molecule has 1 aromatic heterocycles. The maximum absolute atomic E-state index is 6.12. The summed E-state index contributed by atoms with van der Waals surface area (Å²) in [5.41, 5.74) is 9.17. The molecule has 0 amide bonds. The van der Waals surface area contributed by atoms with Crippen molar-refractivity contribution in [2.24, 2.45) is 5.73 Å². The number of benzene rings is 1. The summed E-state index contributed by atoms with van der Waals surface area (Å²) in [5, 5.41) is 0. The van der Waals surface area contributed by atoms with Crippen LogP contribution in [-0.4, -0.2) is 4.98 Å². The third-order valence-corrected chi connectivity index (χ3v) is 3.11. The highest BCUT2D eigenvalue weighted by Crippen LogP contribution is 2.42. The zero-order valence-electron chi connectivity index (χ0n) is 9.23. The van der Waals surface area contributed by atoms with E-state index < -0.39 is 0 Å². The van der Waals surface area contributed by atoms with Crippen molar-refractivity contribution in [1.29, 1.82) is 0 Å². The van der Waals surface area contributed by atoms with Gasteiger partial charge in [-0.2, -0.15) is 0 Å². The molecule has 2 N–H and O–H groups in total. The second-order valence-corrected chi connectivity index (χ2v) is 4.53. The summed E-state index contributed by atoms with van der Waals surface area (Å²) in [6.07, 6.45) is 3.84. The minimum Gasteiger partial charge on any atom is -0.444 e. The van der Waals surface area contributed by atoms with Crippen molar-refractivity contribution in [1.82, 2.24) is 4.98 Å². The van der Waals surface area contributed by atoms with Gasteiger partial charge in [0.25, 0.3) is 0 Å². The third kappa shape index (κ3) is 1.53. The van der Waals surface area contributed by atoms with E-state index in [4.69, 9.17) is 10.2 Å². The Morgan fingerprint density at radius 2 is 1.94 bits per heavy atom. The van der Waals surface area contributed by atoms with Gasteiger partial charge in [-0.25, -0.2) is 4.98 Å². The quantitative estimate of drug-likeness (QED) is 0.836. The molecule has 3 rings (SSSR count). The van der Waals surface area contributed by atoms with E-state index in [-0.39, 0.29) is 5.54 Å². The number of nitrogens with two attached hydrogens (primary N) is 1. The highest BCUT2D eigenvalue weighted by atomic mass is 16.3. The fourth-order valence-electron chi connectivity index (χ4n) is 1.85. The first kappa shape index (κ1) is 9.60. The normalized spacial score (nSPS) is 17.4. The zero-order valence-corrected chi connectivity index (χ0v) is 9.23. The van der Waals surface area contributed by atoms with Crippen molar-refractivity contribution < 1.29 is 4.42 Å². The van der Waals surface area contributed by atoms with Gasteiger partial charge in [0.05, 0.1) is 5.69 Å². The smallest absolute Gasteiger partial charge is 0.226 e. The monoisotopic (exact) mass is 214 g/mol. The maximum atomic E-state index is 6.12.